The van der Waals surface area contributed by atoms with Gasteiger partial charge in [0.2, 0.25) is 0 Å². The van der Waals surface area contributed by atoms with Crippen LogP contribution in [-0.4, -0.2) is 51.7 Å². The molecule has 0 aromatic heterocycles. The van der Waals surface area contributed by atoms with Crippen LogP contribution in [0.25, 0.3) is 0 Å². The predicted molar refractivity (Wildman–Crippen MR) is 244 cm³/mol. The molecule has 8 atom stereocenters. The third-order valence-electron chi connectivity index (χ3n) is 12.0. The van der Waals surface area contributed by atoms with Gasteiger partial charge in [-0.15, -0.1) is 11.6 Å². The molecule has 0 heterocycles. The highest BCUT2D eigenvalue weighted by atomic mass is 35.5. The van der Waals surface area contributed by atoms with Gasteiger partial charge in [-0.3, -0.25) is 0 Å². The van der Waals surface area contributed by atoms with E-state index >= 15 is 0 Å². The van der Waals surface area contributed by atoms with Crippen LogP contribution < -0.4 is 0 Å². The van der Waals surface area contributed by atoms with Gasteiger partial charge in [0.25, 0.3) is 0 Å². The second kappa shape index (κ2) is 38.7. The quantitative estimate of drug-likeness (QED) is 0.127. The Morgan fingerprint density at radius 2 is 1.15 bits per heavy atom. The van der Waals surface area contributed by atoms with Gasteiger partial charge in [0.05, 0.1) is 17.8 Å². The first-order valence-electron chi connectivity index (χ1n) is 22.6. The highest BCUT2D eigenvalue weighted by molar-refractivity contribution is 6.15. The molecule has 0 aromatic carbocycles. The summed E-state index contributed by atoms with van der Waals surface area (Å²) in [5.41, 5.74) is 2.08. The molecule has 328 valence electrons. The molecular weight excluding hydrogens is 676 g/mol. The predicted octanol–water partition coefficient (Wildman–Crippen LogP) is 15.1. The van der Waals surface area contributed by atoms with E-state index in [0.717, 1.165) is 62.9 Å². The van der Waals surface area contributed by atoms with Gasteiger partial charge in [-0.2, -0.15) is 0 Å². The summed E-state index contributed by atoms with van der Waals surface area (Å²) in [5, 5.41) is 36.3. The van der Waals surface area contributed by atoms with Crippen molar-refractivity contribution < 1.29 is 20.4 Å². The average molecular weight is 782 g/mol. The van der Waals surface area contributed by atoms with Crippen LogP contribution in [0.2, 0.25) is 0 Å². The van der Waals surface area contributed by atoms with E-state index in [-0.39, 0.29) is 19.6 Å². The van der Waals surface area contributed by atoms with Crippen LogP contribution in [0, 0.1) is 40.4 Å². The van der Waals surface area contributed by atoms with Crippen molar-refractivity contribution in [3.8, 4) is 0 Å². The molecule has 8 unspecified atom stereocenters. The zero-order valence-electron chi connectivity index (χ0n) is 39.1. The second-order valence-electron chi connectivity index (χ2n) is 14.8. The molecule has 0 amide bonds. The van der Waals surface area contributed by atoms with Crippen LogP contribution in [0.4, 0.5) is 0 Å². The first-order valence-corrected chi connectivity index (χ1v) is 23.3. The number of aliphatic hydroxyl groups is 4. The molecule has 5 aliphatic carbocycles. The minimum atomic E-state index is -0.508. The maximum atomic E-state index is 10.4. The van der Waals surface area contributed by atoms with Gasteiger partial charge in [0.15, 0.2) is 0 Å². The van der Waals surface area contributed by atoms with Crippen LogP contribution >= 0.6 is 11.6 Å². The molecule has 0 aromatic rings. The Bertz CT molecular complexity index is 759. The first-order chi connectivity index (χ1) is 25.0. The van der Waals surface area contributed by atoms with Gasteiger partial charge in [0, 0.05) is 19.4 Å². The number of aliphatic hydroxyl groups excluding tert-OH is 3. The summed E-state index contributed by atoms with van der Waals surface area (Å²) in [6.45, 7) is 35.4. The molecule has 5 heteroatoms. The first kappa shape index (κ1) is 64.8. The van der Waals surface area contributed by atoms with E-state index in [4.69, 9.17) is 10.2 Å². The van der Waals surface area contributed by atoms with Crippen molar-refractivity contribution in [3.63, 3.8) is 0 Å². The van der Waals surface area contributed by atoms with Crippen molar-refractivity contribution in [2.75, 3.05) is 13.5 Å². The number of rotatable bonds is 5. The maximum absolute atomic E-state index is 10.4. The fourth-order valence-corrected chi connectivity index (χ4v) is 9.54. The van der Waals surface area contributed by atoms with Gasteiger partial charge in [-0.25, -0.2) is 0 Å². The molecule has 4 saturated carbocycles. The third-order valence-corrected chi connectivity index (χ3v) is 12.0. The zero-order chi connectivity index (χ0) is 42.1. The molecule has 0 bridgehead atoms. The summed E-state index contributed by atoms with van der Waals surface area (Å²) < 4.78 is 0. The molecule has 0 saturated heterocycles. The number of allylic oxidation sites excluding steroid dienone is 1. The molecular formula is C48H105ClO4. The number of hydrogen-bond acceptors (Lipinski definition) is 4. The Balaban J connectivity index is -0.000000193. The van der Waals surface area contributed by atoms with Crippen molar-refractivity contribution in [1.29, 1.82) is 0 Å². The van der Waals surface area contributed by atoms with Crippen LogP contribution in [0.3, 0.4) is 0 Å². The topological polar surface area (TPSA) is 80.9 Å². The van der Waals surface area contributed by atoms with Gasteiger partial charge in [0.1, 0.15) is 0 Å². The number of unbranched alkanes of at least 4 members (excludes halogenated alkanes) is 1. The normalized spacial score (nSPS) is 30.1. The van der Waals surface area contributed by atoms with E-state index < -0.39 is 5.60 Å². The van der Waals surface area contributed by atoms with Crippen molar-refractivity contribution >= 4 is 11.6 Å². The molecule has 0 radical (unpaired) electrons. The smallest absolute Gasteiger partial charge is 0.0603 e. The fourth-order valence-electron chi connectivity index (χ4n) is 9.54. The maximum Gasteiger partial charge on any atom is 0.0603 e. The molecule has 5 rings (SSSR count). The number of hydrogen-bond donors (Lipinski definition) is 4. The summed E-state index contributed by atoms with van der Waals surface area (Å²) in [5.74, 6) is 3.71. The van der Waals surface area contributed by atoms with E-state index in [2.05, 4.69) is 38.4 Å². The molecule has 5 aliphatic rings. The highest BCUT2D eigenvalue weighted by Crippen LogP contribution is 2.68. The Morgan fingerprint density at radius 1 is 0.679 bits per heavy atom. The summed E-state index contributed by atoms with van der Waals surface area (Å²) >= 11 is 4.64. The van der Waals surface area contributed by atoms with Crippen molar-refractivity contribution in [2.45, 2.75) is 246 Å². The Morgan fingerprint density at radius 3 is 1.58 bits per heavy atom. The molecule has 53 heavy (non-hydrogen) atoms. The van der Waals surface area contributed by atoms with Crippen molar-refractivity contribution in [2.24, 2.45) is 40.4 Å². The lowest BCUT2D eigenvalue weighted by Gasteiger charge is -2.60. The SMILES string of the molecule is C.CC.CC.CC.CC.CC.CC.CC1C2=CCC3C4CCC(CCCCC(C)(C)O)C4(C)CCC3(C)C2CCC1O.CCl.CO.OC1CCCCC1. The van der Waals surface area contributed by atoms with Gasteiger partial charge < -0.3 is 20.4 Å². The summed E-state index contributed by atoms with van der Waals surface area (Å²) in [6, 6.07) is 0. The van der Waals surface area contributed by atoms with Crippen LogP contribution in [-0.2, 0) is 0 Å². The van der Waals surface area contributed by atoms with Crippen molar-refractivity contribution in [3.05, 3.63) is 11.6 Å². The number of fused-ring (bicyclic) bond motifs is 5. The third kappa shape index (κ3) is 21.3. The Kier molecular flexibility index (Phi) is 47.3. The van der Waals surface area contributed by atoms with E-state index in [1.165, 1.54) is 77.0 Å². The molecule has 4 fully saturated rings. The Hall–Kier alpha value is -0.130. The minimum Gasteiger partial charge on any atom is -0.400 e. The Labute approximate surface area is 342 Å². The van der Waals surface area contributed by atoms with Gasteiger partial charge in [-0.1, -0.05) is 155 Å². The summed E-state index contributed by atoms with van der Waals surface area (Å²) in [7, 11) is 1.00. The van der Waals surface area contributed by atoms with Crippen molar-refractivity contribution in [1.82, 2.24) is 0 Å². The largest absolute Gasteiger partial charge is 0.400 e. The van der Waals surface area contributed by atoms with E-state index in [1.807, 2.05) is 96.9 Å². The fraction of sp³-hybridized carbons (Fsp3) is 0.958. The van der Waals surface area contributed by atoms with Crippen LogP contribution in [0.5, 0.6) is 0 Å². The lowest BCUT2D eigenvalue weighted by molar-refractivity contribution is -0.0828. The number of halogens is 1. The molecule has 4 N–H and O–H groups in total. The average Bonchev–Trinajstić information content (AvgIpc) is 3.54. The lowest BCUT2D eigenvalue weighted by Crippen LogP contribution is -2.53. The van der Waals surface area contributed by atoms with E-state index in [1.54, 1.807) is 5.57 Å². The summed E-state index contributed by atoms with van der Waals surface area (Å²) in [4.78, 5) is 0. The second-order valence-corrected chi connectivity index (χ2v) is 14.8. The van der Waals surface area contributed by atoms with E-state index in [0.29, 0.717) is 16.7 Å². The molecule has 0 aliphatic heterocycles. The molecule has 0 spiro atoms. The highest BCUT2D eigenvalue weighted by Gasteiger charge is 2.60. The van der Waals surface area contributed by atoms with Crippen LogP contribution in [0.1, 0.15) is 228 Å². The minimum absolute atomic E-state index is 0. The van der Waals surface area contributed by atoms with E-state index in [9.17, 15) is 10.2 Å². The zero-order valence-corrected chi connectivity index (χ0v) is 39.9. The number of alkyl halides is 1. The monoisotopic (exact) mass is 781 g/mol. The molecule has 4 nitrogen and oxygen atoms in total. The van der Waals surface area contributed by atoms with Gasteiger partial charge in [-0.05, 0) is 119 Å². The standard InChI is InChI=1S/C27H46O2.C6H12O.6C2H6.CH3Cl.CH4O.CH4/c1-18-20-10-12-23-22-11-9-19(8-6-7-15-25(2,3)29)26(22,4)16-17-27(23,5)21(20)13-14-24(18)28;7-6-4-2-1-3-5-6;8*1-2;/h10,18-19,21-24,28-29H,6-9,11-17H2,1-5H3;6-7H,1-5H2;6*1-2H3;1H3;2H,1H3;1H4. The lowest BCUT2D eigenvalue weighted by atomic mass is 9.45. The summed E-state index contributed by atoms with van der Waals surface area (Å²) in [6.07, 6.45) is 23.7. The van der Waals surface area contributed by atoms with Gasteiger partial charge >= 0.3 is 0 Å². The van der Waals surface area contributed by atoms with Crippen LogP contribution in [0.15, 0.2) is 11.6 Å².